The van der Waals surface area contributed by atoms with Crippen LogP contribution in [0.25, 0.3) is 0 Å². The zero-order valence-corrected chi connectivity index (χ0v) is 13.0. The van der Waals surface area contributed by atoms with E-state index in [9.17, 15) is 4.79 Å². The minimum absolute atomic E-state index is 0.357. The number of thiazole rings is 1. The number of ether oxygens (including phenoxy) is 1. The second kappa shape index (κ2) is 5.93. The topological polar surface area (TPSA) is 69.9 Å². The average Bonchev–Trinajstić information content (AvgIpc) is 3.08. The van der Waals surface area contributed by atoms with E-state index in [1.54, 1.807) is 18.3 Å². The molecule has 0 amide bonds. The van der Waals surface area contributed by atoms with Crippen LogP contribution < -0.4 is 0 Å². The Morgan fingerprint density at radius 3 is 2.95 bits per heavy atom. The molecular weight excluding hydrogens is 288 g/mol. The summed E-state index contributed by atoms with van der Waals surface area (Å²) in [5, 5.41) is 8.20. The molecule has 0 bridgehead atoms. The highest BCUT2D eigenvalue weighted by molar-refractivity contribution is 7.09. The van der Waals surface area contributed by atoms with Crippen LogP contribution in [0.3, 0.4) is 0 Å². The lowest BCUT2D eigenvalue weighted by Gasteiger charge is -2.06. The molecule has 1 fully saturated rings. The molecule has 21 heavy (non-hydrogen) atoms. The van der Waals surface area contributed by atoms with Gasteiger partial charge in [-0.1, -0.05) is 5.21 Å². The van der Waals surface area contributed by atoms with Crippen molar-refractivity contribution in [3.8, 4) is 0 Å². The van der Waals surface area contributed by atoms with Crippen molar-refractivity contribution < 1.29 is 9.53 Å². The van der Waals surface area contributed by atoms with Crippen molar-refractivity contribution in [1.82, 2.24) is 20.0 Å². The van der Waals surface area contributed by atoms with Crippen molar-refractivity contribution >= 4 is 17.3 Å². The molecule has 1 aliphatic rings. The predicted octanol–water partition coefficient (Wildman–Crippen LogP) is 2.34. The third-order valence-electron chi connectivity index (χ3n) is 3.60. The first-order chi connectivity index (χ1) is 10.2. The Balaban J connectivity index is 1.79. The van der Waals surface area contributed by atoms with Gasteiger partial charge in [0, 0.05) is 23.8 Å². The summed E-state index contributed by atoms with van der Waals surface area (Å²) in [6.45, 7) is 4.89. The van der Waals surface area contributed by atoms with Crippen LogP contribution in [0.1, 0.15) is 52.4 Å². The maximum atomic E-state index is 12.0. The van der Waals surface area contributed by atoms with E-state index in [0.717, 1.165) is 37.2 Å². The lowest BCUT2D eigenvalue weighted by Crippen LogP contribution is -2.11. The van der Waals surface area contributed by atoms with Crippen molar-refractivity contribution in [2.45, 2.75) is 45.6 Å². The van der Waals surface area contributed by atoms with Gasteiger partial charge >= 0.3 is 5.97 Å². The van der Waals surface area contributed by atoms with Gasteiger partial charge in [0.1, 0.15) is 0 Å². The van der Waals surface area contributed by atoms with E-state index in [1.807, 2.05) is 17.1 Å². The molecule has 112 valence electrons. The normalized spacial score (nSPS) is 14.4. The second-order valence-corrected chi connectivity index (χ2v) is 6.09. The first kappa shape index (κ1) is 14.2. The molecule has 0 spiro atoms. The molecular formula is C14H18N4O2S. The van der Waals surface area contributed by atoms with Gasteiger partial charge in [-0.2, -0.15) is 0 Å². The summed E-state index contributed by atoms with van der Waals surface area (Å²) in [6.07, 6.45) is 3.06. The molecule has 0 aliphatic heterocycles. The van der Waals surface area contributed by atoms with E-state index in [2.05, 4.69) is 15.3 Å². The maximum absolute atomic E-state index is 12.0. The second-order valence-electron chi connectivity index (χ2n) is 5.15. The van der Waals surface area contributed by atoms with Gasteiger partial charge in [-0.15, -0.1) is 16.4 Å². The molecule has 7 heteroatoms. The predicted molar refractivity (Wildman–Crippen MR) is 78.5 cm³/mol. The number of nitrogens with zero attached hydrogens (tertiary/aromatic N) is 4. The van der Waals surface area contributed by atoms with Crippen LogP contribution in [0.2, 0.25) is 0 Å². The zero-order valence-electron chi connectivity index (χ0n) is 12.2. The third-order valence-corrected chi connectivity index (χ3v) is 4.60. The van der Waals surface area contributed by atoms with Crippen LogP contribution >= 0.6 is 11.3 Å². The minimum Gasteiger partial charge on any atom is -0.461 e. The molecule has 1 saturated carbocycles. The van der Waals surface area contributed by atoms with Gasteiger partial charge in [0.25, 0.3) is 0 Å². The van der Waals surface area contributed by atoms with E-state index >= 15 is 0 Å². The molecule has 1 aliphatic carbocycles. The van der Waals surface area contributed by atoms with Gasteiger partial charge in [-0.3, -0.25) is 0 Å². The number of rotatable bonds is 6. The van der Waals surface area contributed by atoms with Crippen molar-refractivity contribution in [2.75, 3.05) is 6.61 Å². The van der Waals surface area contributed by atoms with E-state index in [4.69, 9.17) is 4.74 Å². The summed E-state index contributed by atoms with van der Waals surface area (Å²) in [5.41, 5.74) is 4.26. The van der Waals surface area contributed by atoms with E-state index in [0.29, 0.717) is 18.2 Å². The van der Waals surface area contributed by atoms with Crippen LogP contribution in [0.15, 0.2) is 5.51 Å². The fourth-order valence-corrected chi connectivity index (χ4v) is 3.14. The Morgan fingerprint density at radius 2 is 2.33 bits per heavy atom. The van der Waals surface area contributed by atoms with Crippen molar-refractivity contribution in [1.29, 1.82) is 0 Å². The van der Waals surface area contributed by atoms with Crippen molar-refractivity contribution in [3.05, 3.63) is 27.5 Å². The third kappa shape index (κ3) is 2.97. The van der Waals surface area contributed by atoms with E-state index in [-0.39, 0.29) is 5.97 Å². The largest absolute Gasteiger partial charge is 0.461 e. The molecule has 2 heterocycles. The number of aryl methyl sites for hydroxylation is 3. The maximum Gasteiger partial charge on any atom is 0.360 e. The average molecular weight is 306 g/mol. The summed E-state index contributed by atoms with van der Waals surface area (Å²) in [7, 11) is 0. The van der Waals surface area contributed by atoms with Gasteiger partial charge in [-0.05, 0) is 26.7 Å². The summed E-state index contributed by atoms with van der Waals surface area (Å²) < 4.78 is 6.93. The fraction of sp³-hybridized carbons (Fsp3) is 0.571. The van der Waals surface area contributed by atoms with Crippen LogP contribution in [-0.4, -0.2) is 32.6 Å². The lowest BCUT2D eigenvalue weighted by molar-refractivity contribution is 0.0518. The van der Waals surface area contributed by atoms with Crippen LogP contribution in [0.5, 0.6) is 0 Å². The van der Waals surface area contributed by atoms with Gasteiger partial charge in [0.05, 0.1) is 23.5 Å². The number of carbonyl (C=O) groups excluding carboxylic acids is 1. The monoisotopic (exact) mass is 306 g/mol. The van der Waals surface area contributed by atoms with Gasteiger partial charge in [0.15, 0.2) is 5.69 Å². The van der Waals surface area contributed by atoms with Gasteiger partial charge in [-0.25, -0.2) is 14.5 Å². The number of hydrogen-bond donors (Lipinski definition) is 0. The highest BCUT2D eigenvalue weighted by Gasteiger charge is 2.34. The van der Waals surface area contributed by atoms with Crippen LogP contribution in [-0.2, 0) is 17.7 Å². The van der Waals surface area contributed by atoms with Crippen molar-refractivity contribution in [2.24, 2.45) is 0 Å². The lowest BCUT2D eigenvalue weighted by atomic mass is 10.2. The smallest absolute Gasteiger partial charge is 0.360 e. The molecule has 2 aromatic rings. The first-order valence-electron chi connectivity index (χ1n) is 7.20. The van der Waals surface area contributed by atoms with Gasteiger partial charge < -0.3 is 4.74 Å². The minimum atomic E-state index is -0.361. The Bertz CT molecular complexity index is 645. The van der Waals surface area contributed by atoms with Gasteiger partial charge in [0.2, 0.25) is 0 Å². The molecule has 0 radical (unpaired) electrons. The molecule has 0 aromatic carbocycles. The standard InChI is InChI=1S/C14H18N4O2S/c1-3-20-14(19)12-13(10-4-5-10)18(17-16-12)7-6-11-9(2)15-8-21-11/h8,10H,3-7H2,1-2H3. The molecule has 0 atom stereocenters. The van der Waals surface area contributed by atoms with E-state index in [1.165, 1.54) is 4.88 Å². The zero-order chi connectivity index (χ0) is 14.8. The fourth-order valence-electron chi connectivity index (χ4n) is 2.36. The summed E-state index contributed by atoms with van der Waals surface area (Å²) in [5.74, 6) is 0.0431. The quantitative estimate of drug-likeness (QED) is 0.766. The van der Waals surface area contributed by atoms with Crippen LogP contribution in [0, 0.1) is 6.92 Å². The number of carbonyl (C=O) groups is 1. The highest BCUT2D eigenvalue weighted by Crippen LogP contribution is 2.41. The van der Waals surface area contributed by atoms with Crippen molar-refractivity contribution in [3.63, 3.8) is 0 Å². The summed E-state index contributed by atoms with van der Waals surface area (Å²) in [4.78, 5) is 17.5. The summed E-state index contributed by atoms with van der Waals surface area (Å²) in [6, 6.07) is 0. The number of aromatic nitrogens is 4. The first-order valence-corrected chi connectivity index (χ1v) is 8.08. The summed E-state index contributed by atoms with van der Waals surface area (Å²) >= 11 is 1.66. The SMILES string of the molecule is CCOC(=O)c1nnn(CCc2scnc2C)c1C1CC1. The Kier molecular flexibility index (Phi) is 4.01. The molecule has 0 N–H and O–H groups in total. The Labute approximate surface area is 127 Å². The number of hydrogen-bond acceptors (Lipinski definition) is 6. The van der Waals surface area contributed by atoms with E-state index < -0.39 is 0 Å². The highest BCUT2D eigenvalue weighted by atomic mass is 32.1. The van der Waals surface area contributed by atoms with Crippen LogP contribution in [0.4, 0.5) is 0 Å². The Morgan fingerprint density at radius 1 is 1.52 bits per heavy atom. The Hall–Kier alpha value is -1.76. The molecule has 0 unspecified atom stereocenters. The number of esters is 1. The molecule has 2 aromatic heterocycles. The molecule has 0 saturated heterocycles. The molecule has 6 nitrogen and oxygen atoms in total. The molecule has 3 rings (SSSR count).